The minimum atomic E-state index is -2.90. The zero-order chi connectivity index (χ0) is 29.5. The quantitative estimate of drug-likeness (QED) is 0.254. The molecule has 2 aromatic carbocycles. The minimum Gasteiger partial charge on any atom is -0.511 e. The molecule has 1 heterocycles. The zero-order valence-electron chi connectivity index (χ0n) is 21.3. The van der Waals surface area contributed by atoms with E-state index in [-0.39, 0.29) is 11.1 Å². The second-order valence-corrected chi connectivity index (χ2v) is 11.5. The number of carbonyl (C=O) groups excluding carboxylic acids is 3. The largest absolute Gasteiger partial charge is 0.511 e. The molecule has 41 heavy (non-hydrogen) atoms. The van der Waals surface area contributed by atoms with Crippen molar-refractivity contribution in [1.29, 1.82) is 0 Å². The van der Waals surface area contributed by atoms with Gasteiger partial charge in [0.15, 0.2) is 11.4 Å². The van der Waals surface area contributed by atoms with Gasteiger partial charge in [-0.05, 0) is 35.2 Å². The summed E-state index contributed by atoms with van der Waals surface area (Å²) >= 11 is 1.19. The Hall–Kier alpha value is -4.39. The highest BCUT2D eigenvalue weighted by Gasteiger charge is 2.64. The fourth-order valence-electron chi connectivity index (χ4n) is 6.31. The Morgan fingerprint density at radius 1 is 1.12 bits per heavy atom. The van der Waals surface area contributed by atoms with Gasteiger partial charge in [0.25, 0.3) is 5.91 Å². The van der Waals surface area contributed by atoms with E-state index in [2.05, 4.69) is 4.98 Å². The highest BCUT2D eigenvalue weighted by Crippen LogP contribution is 2.55. The molecule has 1 amide bonds. The number of aliphatic hydroxyl groups is 4. The van der Waals surface area contributed by atoms with Gasteiger partial charge in [-0.25, -0.2) is 9.37 Å². The number of aliphatic hydroxyl groups excluding tert-OH is 3. The number of rotatable bonds is 3. The summed E-state index contributed by atoms with van der Waals surface area (Å²) < 4.78 is 13.4. The SMILES string of the molecule is C[C@H]1c2ccc(-c3ncc(-c4ccc(F)cc4)s3)c(O)c2C(=O)C2=C(O)[C@]3(O)C(=O)C(C(N)=O)=C(O)C[C@@H]3[C@@H](O)[C@@H]21. The number of primary amides is 1. The number of phenols is 1. The van der Waals surface area contributed by atoms with Crippen LogP contribution < -0.4 is 5.73 Å². The van der Waals surface area contributed by atoms with Crippen molar-refractivity contribution in [1.82, 2.24) is 4.98 Å². The molecule has 0 saturated heterocycles. The van der Waals surface area contributed by atoms with E-state index in [1.165, 1.54) is 23.5 Å². The van der Waals surface area contributed by atoms with Crippen LogP contribution in [0.2, 0.25) is 0 Å². The van der Waals surface area contributed by atoms with E-state index in [0.717, 1.165) is 0 Å². The van der Waals surface area contributed by atoms with Crippen molar-refractivity contribution >= 4 is 28.8 Å². The lowest BCUT2D eigenvalue weighted by molar-refractivity contribution is -0.154. The summed E-state index contributed by atoms with van der Waals surface area (Å²) in [5, 5.41) is 56.0. The Kier molecular flexibility index (Phi) is 5.93. The van der Waals surface area contributed by atoms with E-state index in [1.807, 2.05) is 0 Å². The Morgan fingerprint density at radius 3 is 2.46 bits per heavy atom. The summed E-state index contributed by atoms with van der Waals surface area (Å²) in [6, 6.07) is 8.94. The maximum atomic E-state index is 13.9. The van der Waals surface area contributed by atoms with Crippen molar-refractivity contribution in [2.75, 3.05) is 0 Å². The number of amides is 1. The number of benzene rings is 2. The number of aromatic nitrogens is 1. The minimum absolute atomic E-state index is 0.197. The Morgan fingerprint density at radius 2 is 1.80 bits per heavy atom. The van der Waals surface area contributed by atoms with Gasteiger partial charge in [-0.2, -0.15) is 0 Å². The van der Waals surface area contributed by atoms with Crippen LogP contribution in [0.3, 0.4) is 0 Å². The van der Waals surface area contributed by atoms with Crippen LogP contribution in [0, 0.1) is 17.7 Å². The van der Waals surface area contributed by atoms with Crippen molar-refractivity contribution in [2.45, 2.75) is 31.0 Å². The highest BCUT2D eigenvalue weighted by molar-refractivity contribution is 7.18. The monoisotopic (exact) mass is 578 g/mol. The standard InChI is InChI=1S/C29H23FN2O8S/c1-10-13-6-7-14(28-32-9-17(41-28)11-2-4-12(30)5-3-11)22(34)19(13)24(36)21-18(10)23(35)15-8-16(33)20(27(31)39)25(37)29(15,40)26(21)38/h2-7,9-10,15,18,23,33-35,38,40H,8H2,1H3,(H2,31,39)/t10-,15+,18+,23+,29+/m0/s1. The molecule has 210 valence electrons. The molecule has 5 atom stereocenters. The Labute approximate surface area is 235 Å². The van der Waals surface area contributed by atoms with Gasteiger partial charge in [0, 0.05) is 30.0 Å². The first-order valence-corrected chi connectivity index (χ1v) is 13.4. The smallest absolute Gasteiger partial charge is 0.255 e. The van der Waals surface area contributed by atoms with E-state index in [1.54, 1.807) is 37.4 Å². The average Bonchev–Trinajstić information content (AvgIpc) is 3.41. The van der Waals surface area contributed by atoms with Gasteiger partial charge >= 0.3 is 0 Å². The van der Waals surface area contributed by atoms with Crippen LogP contribution in [0.25, 0.3) is 21.0 Å². The number of ketones is 2. The third-order valence-corrected chi connectivity index (χ3v) is 9.44. The summed E-state index contributed by atoms with van der Waals surface area (Å²) in [5.74, 6) is -9.60. The van der Waals surface area contributed by atoms with Crippen molar-refractivity contribution in [3.8, 4) is 26.8 Å². The molecule has 0 spiro atoms. The molecule has 0 aliphatic heterocycles. The molecule has 0 unspecified atom stereocenters. The summed E-state index contributed by atoms with van der Waals surface area (Å²) in [6.45, 7) is 1.65. The lowest BCUT2D eigenvalue weighted by Gasteiger charge is -2.50. The number of carbonyl (C=O) groups is 3. The predicted molar refractivity (Wildman–Crippen MR) is 143 cm³/mol. The number of fused-ring (bicyclic) bond motifs is 3. The van der Waals surface area contributed by atoms with Crippen LogP contribution >= 0.6 is 11.3 Å². The number of allylic oxidation sites excluding steroid dienone is 1. The number of Topliss-reactive ketones (excluding diaryl/α,β-unsaturated/α-hetero) is 2. The molecule has 3 aliphatic carbocycles. The Balaban J connectivity index is 1.48. The number of phenolic OH excluding ortho intramolecular Hbond substituents is 1. The fraction of sp³-hybridized carbons (Fsp3) is 0.241. The second kappa shape index (κ2) is 9.06. The van der Waals surface area contributed by atoms with Crippen molar-refractivity contribution in [3.63, 3.8) is 0 Å². The topological polar surface area (TPSA) is 191 Å². The van der Waals surface area contributed by atoms with E-state index in [4.69, 9.17) is 5.73 Å². The van der Waals surface area contributed by atoms with Gasteiger partial charge in [0.1, 0.15) is 33.7 Å². The molecule has 0 fully saturated rings. The lowest BCUT2D eigenvalue weighted by Crippen LogP contribution is -2.62. The van der Waals surface area contributed by atoms with Gasteiger partial charge in [0.2, 0.25) is 5.78 Å². The van der Waals surface area contributed by atoms with Crippen molar-refractivity contribution < 1.29 is 44.3 Å². The Bertz CT molecular complexity index is 1740. The maximum Gasteiger partial charge on any atom is 0.255 e. The molecule has 12 heteroatoms. The number of hydrogen-bond donors (Lipinski definition) is 6. The van der Waals surface area contributed by atoms with Gasteiger partial charge in [-0.1, -0.05) is 25.1 Å². The summed E-state index contributed by atoms with van der Waals surface area (Å²) in [5.41, 5.74) is 1.97. The van der Waals surface area contributed by atoms with Crippen molar-refractivity contribution in [2.24, 2.45) is 17.6 Å². The number of thiazole rings is 1. The number of aromatic hydroxyl groups is 1. The maximum absolute atomic E-state index is 13.9. The summed E-state index contributed by atoms with van der Waals surface area (Å²) in [4.78, 5) is 44.0. The molecule has 0 bridgehead atoms. The van der Waals surface area contributed by atoms with Crippen LogP contribution in [-0.2, 0) is 9.59 Å². The van der Waals surface area contributed by atoms with Crippen LogP contribution in [0.15, 0.2) is 65.3 Å². The third-order valence-electron chi connectivity index (χ3n) is 8.36. The van der Waals surface area contributed by atoms with Gasteiger partial charge in [0.05, 0.1) is 22.1 Å². The van der Waals surface area contributed by atoms with E-state index in [9.17, 15) is 44.3 Å². The van der Waals surface area contributed by atoms with Crippen LogP contribution in [0.1, 0.15) is 35.2 Å². The average molecular weight is 579 g/mol. The molecule has 1 aromatic heterocycles. The highest BCUT2D eigenvalue weighted by atomic mass is 32.1. The predicted octanol–water partition coefficient (Wildman–Crippen LogP) is 3.04. The molecule has 3 aliphatic rings. The van der Waals surface area contributed by atoms with Gasteiger partial charge in [-0.3, -0.25) is 14.4 Å². The van der Waals surface area contributed by atoms with Gasteiger partial charge in [-0.15, -0.1) is 11.3 Å². The first-order valence-electron chi connectivity index (χ1n) is 12.6. The fourth-order valence-corrected chi connectivity index (χ4v) is 7.26. The second-order valence-electron chi connectivity index (χ2n) is 10.5. The van der Waals surface area contributed by atoms with Crippen molar-refractivity contribution in [3.05, 3.63) is 82.2 Å². The third kappa shape index (κ3) is 3.61. The number of nitrogens with zero attached hydrogens (tertiary/aromatic N) is 1. The van der Waals surface area contributed by atoms with Crippen LogP contribution in [0.4, 0.5) is 4.39 Å². The summed E-state index contributed by atoms with van der Waals surface area (Å²) in [6.07, 6.45) is -0.603. The molecular formula is C29H23FN2O8S. The lowest BCUT2D eigenvalue weighted by atomic mass is 9.56. The van der Waals surface area contributed by atoms with Gasteiger partial charge < -0.3 is 31.3 Å². The molecule has 10 nitrogen and oxygen atoms in total. The van der Waals surface area contributed by atoms with E-state index >= 15 is 0 Å². The number of halogens is 1. The number of hydrogen-bond acceptors (Lipinski definition) is 10. The van der Waals surface area contributed by atoms with E-state index < -0.39 is 87.6 Å². The molecular weight excluding hydrogens is 555 g/mol. The van der Waals surface area contributed by atoms with E-state index in [0.29, 0.717) is 21.0 Å². The first kappa shape index (κ1) is 26.8. The van der Waals surface area contributed by atoms with Crippen LogP contribution in [-0.4, -0.2) is 59.7 Å². The molecule has 0 saturated carbocycles. The molecule has 6 rings (SSSR count). The molecule has 3 aromatic rings. The summed E-state index contributed by atoms with van der Waals surface area (Å²) in [7, 11) is 0. The zero-order valence-corrected chi connectivity index (χ0v) is 22.1. The number of nitrogens with two attached hydrogens (primary N) is 1. The normalized spacial score (nSPS) is 27.4. The molecule has 7 N–H and O–H groups in total. The van der Waals surface area contributed by atoms with Crippen LogP contribution in [0.5, 0.6) is 5.75 Å². The first-order chi connectivity index (χ1) is 19.4. The molecule has 0 radical (unpaired) electrons.